The van der Waals surface area contributed by atoms with Gasteiger partial charge in [-0.15, -0.1) is 11.3 Å². The first-order valence-electron chi connectivity index (χ1n) is 7.75. The third-order valence-electron chi connectivity index (χ3n) is 3.90. The number of rotatable bonds is 4. The van der Waals surface area contributed by atoms with Gasteiger partial charge in [0.2, 0.25) is 10.0 Å². The minimum atomic E-state index is -4.07. The average molecular weight is 426 g/mol. The Kier molecular flexibility index (Phi) is 5.13. The van der Waals surface area contributed by atoms with Gasteiger partial charge in [0.25, 0.3) is 11.8 Å². The predicted molar refractivity (Wildman–Crippen MR) is 104 cm³/mol. The van der Waals surface area contributed by atoms with E-state index >= 15 is 0 Å². The van der Waals surface area contributed by atoms with E-state index in [-0.39, 0.29) is 20.7 Å². The molecule has 2 N–H and O–H groups in total. The first kappa shape index (κ1) is 19.6. The lowest BCUT2D eigenvalue weighted by Crippen LogP contribution is -2.28. The molecule has 2 aromatic heterocycles. The van der Waals surface area contributed by atoms with Crippen LogP contribution < -0.4 is 10.0 Å². The molecule has 3 aromatic rings. The maximum Gasteiger partial charge on any atom is 0.276 e. The zero-order chi connectivity index (χ0) is 19.9. The molecule has 0 unspecified atom stereocenters. The SMILES string of the molecule is Cc1ccc(N(C(=O)c2sccc2S(N)(=O)=O)c2onc(C)c2Cl)c(C)c1. The van der Waals surface area contributed by atoms with Crippen LogP contribution in [-0.4, -0.2) is 19.5 Å². The summed E-state index contributed by atoms with van der Waals surface area (Å²) >= 11 is 7.25. The second kappa shape index (κ2) is 7.08. The van der Waals surface area contributed by atoms with Crippen LogP contribution in [0.5, 0.6) is 0 Å². The fraction of sp³-hybridized carbons (Fsp3) is 0.176. The van der Waals surface area contributed by atoms with Crippen molar-refractivity contribution in [2.24, 2.45) is 5.14 Å². The van der Waals surface area contributed by atoms with Gasteiger partial charge in [-0.2, -0.15) is 0 Å². The van der Waals surface area contributed by atoms with E-state index in [9.17, 15) is 13.2 Å². The van der Waals surface area contributed by atoms with Gasteiger partial charge in [0, 0.05) is 0 Å². The van der Waals surface area contributed by atoms with Gasteiger partial charge in [0.1, 0.15) is 20.5 Å². The monoisotopic (exact) mass is 425 g/mol. The van der Waals surface area contributed by atoms with Crippen LogP contribution in [0.15, 0.2) is 39.1 Å². The number of carbonyl (C=O) groups is 1. The van der Waals surface area contributed by atoms with Gasteiger partial charge in [-0.1, -0.05) is 34.5 Å². The zero-order valence-electron chi connectivity index (χ0n) is 14.7. The highest BCUT2D eigenvalue weighted by molar-refractivity contribution is 7.89. The van der Waals surface area contributed by atoms with Gasteiger partial charge in [-0.05, 0) is 43.8 Å². The molecule has 0 aliphatic rings. The summed E-state index contributed by atoms with van der Waals surface area (Å²) in [6, 6.07) is 6.75. The number of nitrogens with zero attached hydrogens (tertiary/aromatic N) is 2. The van der Waals surface area contributed by atoms with E-state index in [0.29, 0.717) is 11.4 Å². The highest BCUT2D eigenvalue weighted by Gasteiger charge is 2.32. The molecular formula is C17H16ClN3O4S2. The normalized spacial score (nSPS) is 11.6. The van der Waals surface area contributed by atoms with Crippen LogP contribution in [0.3, 0.4) is 0 Å². The quantitative estimate of drug-likeness (QED) is 0.681. The van der Waals surface area contributed by atoms with E-state index < -0.39 is 15.9 Å². The number of aryl methyl sites for hydroxylation is 3. The number of hydrogen-bond acceptors (Lipinski definition) is 6. The fourth-order valence-electron chi connectivity index (χ4n) is 2.63. The number of hydrogen-bond donors (Lipinski definition) is 1. The summed E-state index contributed by atoms with van der Waals surface area (Å²) in [5.74, 6) is -0.612. The van der Waals surface area contributed by atoms with Crippen molar-refractivity contribution in [3.63, 3.8) is 0 Å². The summed E-state index contributed by atoms with van der Waals surface area (Å²) in [5.41, 5.74) is 2.69. The van der Waals surface area contributed by atoms with Crippen LogP contribution in [0.4, 0.5) is 11.6 Å². The molecule has 3 rings (SSSR count). The Bertz CT molecular complexity index is 1140. The summed E-state index contributed by atoms with van der Waals surface area (Å²) in [4.78, 5) is 14.3. The molecule has 0 spiro atoms. The Morgan fingerprint density at radius 1 is 1.26 bits per heavy atom. The van der Waals surface area contributed by atoms with Crippen molar-refractivity contribution in [3.8, 4) is 0 Å². The van der Waals surface area contributed by atoms with E-state index in [1.54, 1.807) is 13.0 Å². The van der Waals surface area contributed by atoms with Crippen LogP contribution in [-0.2, 0) is 10.0 Å². The molecular weight excluding hydrogens is 410 g/mol. The molecule has 27 heavy (non-hydrogen) atoms. The number of thiophene rings is 1. The number of sulfonamides is 1. The van der Waals surface area contributed by atoms with Gasteiger partial charge >= 0.3 is 0 Å². The molecule has 0 aliphatic carbocycles. The minimum Gasteiger partial charge on any atom is -0.336 e. The maximum atomic E-state index is 13.3. The Balaban J connectivity index is 2.24. The molecule has 1 aromatic carbocycles. The van der Waals surface area contributed by atoms with E-state index in [1.165, 1.54) is 16.3 Å². The Hall–Kier alpha value is -2.20. The van der Waals surface area contributed by atoms with Gasteiger partial charge in [-0.3, -0.25) is 4.79 Å². The lowest BCUT2D eigenvalue weighted by molar-refractivity contribution is 0.0995. The number of halogens is 1. The van der Waals surface area contributed by atoms with E-state index in [2.05, 4.69) is 5.16 Å². The second-order valence-electron chi connectivity index (χ2n) is 5.98. The van der Waals surface area contributed by atoms with Crippen molar-refractivity contribution in [3.05, 3.63) is 56.4 Å². The molecule has 0 atom stereocenters. The van der Waals surface area contributed by atoms with Crippen molar-refractivity contribution < 1.29 is 17.7 Å². The third kappa shape index (κ3) is 3.63. The van der Waals surface area contributed by atoms with Crippen LogP contribution in [0, 0.1) is 20.8 Å². The zero-order valence-corrected chi connectivity index (χ0v) is 17.1. The topological polar surface area (TPSA) is 106 Å². The van der Waals surface area contributed by atoms with Crippen LogP contribution in [0.1, 0.15) is 26.5 Å². The van der Waals surface area contributed by atoms with Crippen LogP contribution in [0.2, 0.25) is 5.02 Å². The summed E-state index contributed by atoms with van der Waals surface area (Å²) in [6.45, 7) is 5.39. The Labute approximate surface area is 165 Å². The number of benzene rings is 1. The number of nitrogens with two attached hydrogens (primary N) is 1. The molecule has 2 heterocycles. The molecule has 0 fully saturated rings. The number of amides is 1. The summed E-state index contributed by atoms with van der Waals surface area (Å²) in [5, 5.41) is 10.7. The van der Waals surface area contributed by atoms with Gasteiger partial charge in [-0.25, -0.2) is 18.5 Å². The highest BCUT2D eigenvalue weighted by atomic mass is 35.5. The number of primary sulfonamides is 1. The smallest absolute Gasteiger partial charge is 0.276 e. The summed E-state index contributed by atoms with van der Waals surface area (Å²) in [6.07, 6.45) is 0. The molecule has 0 radical (unpaired) electrons. The van der Waals surface area contributed by atoms with Crippen molar-refractivity contribution in [1.82, 2.24) is 5.16 Å². The Morgan fingerprint density at radius 3 is 2.52 bits per heavy atom. The number of anilines is 2. The minimum absolute atomic E-state index is 0.0138. The lowest BCUT2D eigenvalue weighted by atomic mass is 10.1. The molecule has 142 valence electrons. The maximum absolute atomic E-state index is 13.3. The Morgan fingerprint density at radius 2 is 1.96 bits per heavy atom. The fourth-order valence-corrected chi connectivity index (χ4v) is 4.68. The number of aromatic nitrogens is 1. The van der Waals surface area contributed by atoms with Crippen molar-refractivity contribution in [1.29, 1.82) is 0 Å². The van der Waals surface area contributed by atoms with Crippen LogP contribution in [0.25, 0.3) is 0 Å². The summed E-state index contributed by atoms with van der Waals surface area (Å²) < 4.78 is 29.0. The largest absolute Gasteiger partial charge is 0.336 e. The van der Waals surface area contributed by atoms with E-state index in [0.717, 1.165) is 22.5 Å². The lowest BCUT2D eigenvalue weighted by Gasteiger charge is -2.22. The molecule has 1 amide bonds. The number of carbonyl (C=O) groups excluding carboxylic acids is 1. The first-order valence-corrected chi connectivity index (χ1v) is 10.6. The van der Waals surface area contributed by atoms with Crippen molar-refractivity contribution in [2.45, 2.75) is 25.7 Å². The molecule has 0 bridgehead atoms. The summed E-state index contributed by atoms with van der Waals surface area (Å²) in [7, 11) is -4.07. The van der Waals surface area contributed by atoms with E-state index in [1.807, 2.05) is 26.0 Å². The second-order valence-corrected chi connectivity index (χ2v) is 8.80. The van der Waals surface area contributed by atoms with Crippen molar-refractivity contribution in [2.75, 3.05) is 4.90 Å². The average Bonchev–Trinajstić information content (AvgIpc) is 3.19. The van der Waals surface area contributed by atoms with Crippen LogP contribution >= 0.6 is 22.9 Å². The molecule has 0 saturated carbocycles. The standard InChI is InChI=1S/C17H16ClN3O4S2/c1-9-4-5-12(10(2)8-9)21(17-14(18)11(3)20-25-17)16(22)15-13(6-7-26-15)27(19,23)24/h4-8H,1-3H3,(H2,19,23,24). The molecule has 10 heteroatoms. The first-order chi connectivity index (χ1) is 12.6. The predicted octanol–water partition coefficient (Wildman–Crippen LogP) is 3.94. The highest BCUT2D eigenvalue weighted by Crippen LogP contribution is 2.38. The van der Waals surface area contributed by atoms with Crippen molar-refractivity contribution >= 4 is 50.4 Å². The molecule has 0 aliphatic heterocycles. The van der Waals surface area contributed by atoms with Gasteiger partial charge in [0.05, 0.1) is 5.69 Å². The van der Waals surface area contributed by atoms with Gasteiger partial charge in [0.15, 0.2) is 0 Å². The third-order valence-corrected chi connectivity index (χ3v) is 6.32. The van der Waals surface area contributed by atoms with E-state index in [4.69, 9.17) is 21.3 Å². The molecule has 7 nitrogen and oxygen atoms in total. The van der Waals surface area contributed by atoms with Gasteiger partial charge < -0.3 is 4.52 Å². The molecule has 0 saturated heterocycles.